The summed E-state index contributed by atoms with van der Waals surface area (Å²) in [4.78, 5) is 0. The third kappa shape index (κ3) is 2.24. The third-order valence-electron chi connectivity index (χ3n) is 2.21. The third-order valence-corrected chi connectivity index (χ3v) is 2.52. The maximum Gasteiger partial charge on any atom is 0.237 e. The summed E-state index contributed by atoms with van der Waals surface area (Å²) in [5, 5.41) is 26.3. The number of halogens is 1. The number of hydrogen-bond donors (Lipinski definition) is 1. The van der Waals surface area contributed by atoms with Crippen molar-refractivity contribution in [1.82, 2.24) is 9.78 Å². The fraction of sp³-hybridized carbons (Fsp3) is 0.0909. The number of nitrogens with one attached hydrogen (secondary N) is 1. The monoisotopic (exact) mass is 258 g/mol. The summed E-state index contributed by atoms with van der Waals surface area (Å²) < 4.78 is 1.67. The second kappa shape index (κ2) is 4.74. The average molecular weight is 259 g/mol. The van der Waals surface area contributed by atoms with Crippen LogP contribution in [0.2, 0.25) is 5.02 Å². The molecule has 0 radical (unpaired) electrons. The van der Waals surface area contributed by atoms with Gasteiger partial charge in [0.2, 0.25) is 5.71 Å². The zero-order chi connectivity index (χ0) is 13.1. The molecule has 0 saturated heterocycles. The van der Waals surface area contributed by atoms with E-state index in [9.17, 15) is 0 Å². The van der Waals surface area contributed by atoms with Gasteiger partial charge in [-0.25, -0.2) is 0 Å². The van der Waals surface area contributed by atoms with Crippen molar-refractivity contribution < 1.29 is 0 Å². The SMILES string of the molecule is Cn1cc2cc(NN=C(C#N)C#N)c(Cl)cc2n1. The molecule has 0 aliphatic heterocycles. The Kier molecular flexibility index (Phi) is 3.13. The van der Waals surface area contributed by atoms with E-state index >= 15 is 0 Å². The molecule has 2 rings (SSSR count). The zero-order valence-electron chi connectivity index (χ0n) is 9.35. The summed E-state index contributed by atoms with van der Waals surface area (Å²) >= 11 is 6.04. The minimum atomic E-state index is -0.266. The first-order valence-corrected chi connectivity index (χ1v) is 5.28. The fourth-order valence-electron chi connectivity index (χ4n) is 1.45. The second-order valence-corrected chi connectivity index (χ2v) is 3.90. The standard InChI is InChI=1S/C11H7ClN6/c1-18-6-7-2-11(9(12)3-10(7)17-18)16-15-8(4-13)5-14/h2-3,6,16H,1H3. The van der Waals surface area contributed by atoms with E-state index in [0.29, 0.717) is 10.7 Å². The van der Waals surface area contributed by atoms with Gasteiger partial charge in [0.1, 0.15) is 12.1 Å². The van der Waals surface area contributed by atoms with Crippen molar-refractivity contribution in [2.45, 2.75) is 0 Å². The molecule has 0 amide bonds. The zero-order valence-corrected chi connectivity index (χ0v) is 10.1. The predicted molar refractivity (Wildman–Crippen MR) is 68.0 cm³/mol. The number of rotatable bonds is 2. The lowest BCUT2D eigenvalue weighted by molar-refractivity contribution is 0.780. The highest BCUT2D eigenvalue weighted by atomic mass is 35.5. The van der Waals surface area contributed by atoms with Gasteiger partial charge in [0.05, 0.1) is 16.2 Å². The van der Waals surface area contributed by atoms with Crippen molar-refractivity contribution in [3.05, 3.63) is 23.4 Å². The van der Waals surface area contributed by atoms with Gasteiger partial charge in [-0.2, -0.15) is 20.7 Å². The number of aryl methyl sites for hydroxylation is 1. The number of aromatic nitrogens is 2. The lowest BCUT2D eigenvalue weighted by Crippen LogP contribution is -1.96. The molecule has 0 spiro atoms. The predicted octanol–water partition coefficient (Wildman–Crippen LogP) is 2.04. The van der Waals surface area contributed by atoms with Crippen LogP contribution >= 0.6 is 11.6 Å². The number of hydrazone groups is 1. The van der Waals surface area contributed by atoms with Crippen molar-refractivity contribution in [2.24, 2.45) is 12.1 Å². The Balaban J connectivity index is 2.40. The van der Waals surface area contributed by atoms with Crippen molar-refractivity contribution >= 4 is 33.9 Å². The van der Waals surface area contributed by atoms with Gasteiger partial charge in [-0.3, -0.25) is 10.1 Å². The number of anilines is 1. The van der Waals surface area contributed by atoms with E-state index in [0.717, 1.165) is 10.9 Å². The van der Waals surface area contributed by atoms with E-state index in [4.69, 9.17) is 22.1 Å². The van der Waals surface area contributed by atoms with Crippen LogP contribution in [0.15, 0.2) is 23.4 Å². The molecule has 0 bridgehead atoms. The molecule has 1 N–H and O–H groups in total. The fourth-order valence-corrected chi connectivity index (χ4v) is 1.65. The summed E-state index contributed by atoms with van der Waals surface area (Å²) in [5.74, 6) is 0. The molecular formula is C11H7ClN6. The van der Waals surface area contributed by atoms with Gasteiger partial charge < -0.3 is 0 Å². The molecule has 1 heterocycles. The van der Waals surface area contributed by atoms with E-state index in [1.165, 1.54) is 0 Å². The van der Waals surface area contributed by atoms with Gasteiger partial charge in [0, 0.05) is 18.6 Å². The highest BCUT2D eigenvalue weighted by Gasteiger charge is 2.05. The Morgan fingerprint density at radius 3 is 2.83 bits per heavy atom. The van der Waals surface area contributed by atoms with Crippen LogP contribution in [0.5, 0.6) is 0 Å². The maximum atomic E-state index is 8.56. The van der Waals surface area contributed by atoms with Crippen molar-refractivity contribution in [3.63, 3.8) is 0 Å². The largest absolute Gasteiger partial charge is 0.275 e. The van der Waals surface area contributed by atoms with Crippen LogP contribution in [0, 0.1) is 22.7 Å². The van der Waals surface area contributed by atoms with Crippen LogP contribution in [0.1, 0.15) is 0 Å². The lowest BCUT2D eigenvalue weighted by Gasteiger charge is -2.02. The van der Waals surface area contributed by atoms with Crippen molar-refractivity contribution in [3.8, 4) is 12.1 Å². The Morgan fingerprint density at radius 2 is 2.17 bits per heavy atom. The van der Waals surface area contributed by atoms with Crippen LogP contribution < -0.4 is 5.43 Å². The van der Waals surface area contributed by atoms with Gasteiger partial charge in [-0.05, 0) is 12.1 Å². The van der Waals surface area contributed by atoms with Gasteiger partial charge in [0.25, 0.3) is 0 Å². The second-order valence-electron chi connectivity index (χ2n) is 3.49. The van der Waals surface area contributed by atoms with Gasteiger partial charge in [-0.15, -0.1) is 0 Å². The lowest BCUT2D eigenvalue weighted by atomic mass is 10.2. The van der Waals surface area contributed by atoms with E-state index in [2.05, 4.69) is 15.6 Å². The highest BCUT2D eigenvalue weighted by Crippen LogP contribution is 2.27. The summed E-state index contributed by atoms with van der Waals surface area (Å²) in [7, 11) is 1.81. The smallest absolute Gasteiger partial charge is 0.237 e. The molecule has 6 nitrogen and oxygen atoms in total. The molecule has 0 aliphatic carbocycles. The summed E-state index contributed by atoms with van der Waals surface area (Å²) in [5.41, 5.74) is 3.60. The van der Waals surface area contributed by atoms with Crippen LogP contribution in [0.4, 0.5) is 5.69 Å². The molecule has 18 heavy (non-hydrogen) atoms. The summed E-state index contributed by atoms with van der Waals surface area (Å²) in [6.45, 7) is 0. The Bertz CT molecular complexity index is 699. The molecule has 0 aliphatic rings. The molecule has 7 heteroatoms. The Labute approximate surface area is 108 Å². The maximum absolute atomic E-state index is 8.56. The molecular weight excluding hydrogens is 252 g/mol. The van der Waals surface area contributed by atoms with E-state index in [1.54, 1.807) is 29.0 Å². The number of hydrogen-bond acceptors (Lipinski definition) is 5. The summed E-state index contributed by atoms with van der Waals surface area (Å²) in [6, 6.07) is 6.74. The molecule has 0 fully saturated rings. The van der Waals surface area contributed by atoms with Gasteiger partial charge >= 0.3 is 0 Å². The summed E-state index contributed by atoms with van der Waals surface area (Å²) in [6.07, 6.45) is 1.83. The average Bonchev–Trinajstić information content (AvgIpc) is 2.69. The van der Waals surface area contributed by atoms with E-state index < -0.39 is 0 Å². The van der Waals surface area contributed by atoms with E-state index in [1.807, 2.05) is 13.2 Å². The minimum Gasteiger partial charge on any atom is -0.275 e. The van der Waals surface area contributed by atoms with Crippen LogP contribution in [-0.2, 0) is 7.05 Å². The number of nitriles is 2. The molecule has 0 atom stereocenters. The van der Waals surface area contributed by atoms with Gasteiger partial charge in [0.15, 0.2) is 0 Å². The topological polar surface area (TPSA) is 89.8 Å². The highest BCUT2D eigenvalue weighted by molar-refractivity contribution is 6.34. The molecule has 0 unspecified atom stereocenters. The van der Waals surface area contributed by atoms with Crippen LogP contribution in [-0.4, -0.2) is 15.5 Å². The van der Waals surface area contributed by atoms with Gasteiger partial charge in [-0.1, -0.05) is 11.6 Å². The van der Waals surface area contributed by atoms with Crippen LogP contribution in [0.25, 0.3) is 10.9 Å². The quantitative estimate of drug-likeness (QED) is 0.659. The van der Waals surface area contributed by atoms with Crippen molar-refractivity contribution in [1.29, 1.82) is 10.5 Å². The number of benzene rings is 1. The van der Waals surface area contributed by atoms with E-state index in [-0.39, 0.29) is 5.71 Å². The van der Waals surface area contributed by atoms with Crippen molar-refractivity contribution in [2.75, 3.05) is 5.43 Å². The normalized spacial score (nSPS) is 9.56. The number of fused-ring (bicyclic) bond motifs is 1. The first-order valence-electron chi connectivity index (χ1n) is 4.91. The number of nitrogens with zero attached hydrogens (tertiary/aromatic N) is 5. The first-order chi connectivity index (χ1) is 8.63. The first kappa shape index (κ1) is 11.9. The minimum absolute atomic E-state index is 0.266. The Hall–Kier alpha value is -2.57. The molecule has 0 saturated carbocycles. The Morgan fingerprint density at radius 1 is 1.44 bits per heavy atom. The van der Waals surface area contributed by atoms with Crippen LogP contribution in [0.3, 0.4) is 0 Å². The molecule has 1 aromatic heterocycles. The molecule has 2 aromatic rings. The molecule has 88 valence electrons. The molecule has 1 aromatic carbocycles.